The number of rotatable bonds is 3. The van der Waals surface area contributed by atoms with Crippen molar-refractivity contribution < 1.29 is 4.74 Å². The van der Waals surface area contributed by atoms with E-state index in [1.165, 1.54) is 0 Å². The monoisotopic (exact) mass is 270 g/mol. The molecule has 0 amide bonds. The number of aromatic nitrogens is 2. The summed E-state index contributed by atoms with van der Waals surface area (Å²) in [5.74, 6) is 2.21. The number of ether oxygens (including phenoxy) is 1. The van der Waals surface area contributed by atoms with Crippen molar-refractivity contribution in [2.75, 3.05) is 21.2 Å². The van der Waals surface area contributed by atoms with Gasteiger partial charge in [0.1, 0.15) is 5.84 Å². The van der Waals surface area contributed by atoms with Crippen molar-refractivity contribution in [2.24, 2.45) is 4.99 Å². The Morgan fingerprint density at radius 1 is 1.05 bits per heavy atom. The first-order valence-electron chi connectivity index (χ1n) is 6.29. The summed E-state index contributed by atoms with van der Waals surface area (Å²) in [4.78, 5) is 14.9. The first kappa shape index (κ1) is 14.0. The lowest BCUT2D eigenvalue weighted by Gasteiger charge is -2.10. The van der Waals surface area contributed by atoms with Gasteiger partial charge in [-0.3, -0.25) is 0 Å². The molecule has 0 aromatic carbocycles. The van der Waals surface area contributed by atoms with Gasteiger partial charge in [0.05, 0.1) is 7.11 Å². The highest BCUT2D eigenvalue weighted by atomic mass is 16.5. The predicted molar refractivity (Wildman–Crippen MR) is 80.5 cm³/mol. The van der Waals surface area contributed by atoms with Gasteiger partial charge in [-0.05, 0) is 25.1 Å². The van der Waals surface area contributed by atoms with Gasteiger partial charge in [-0.1, -0.05) is 0 Å². The second kappa shape index (κ2) is 6.14. The largest absolute Gasteiger partial charge is 0.481 e. The zero-order valence-corrected chi connectivity index (χ0v) is 12.2. The molecule has 2 aromatic heterocycles. The summed E-state index contributed by atoms with van der Waals surface area (Å²) in [6, 6.07) is 7.67. The molecule has 2 heterocycles. The molecule has 0 fully saturated rings. The van der Waals surface area contributed by atoms with Gasteiger partial charge >= 0.3 is 0 Å². The maximum atomic E-state index is 5.04. The summed E-state index contributed by atoms with van der Waals surface area (Å²) in [5, 5.41) is 0. The molecule has 20 heavy (non-hydrogen) atoms. The maximum absolute atomic E-state index is 5.04. The van der Waals surface area contributed by atoms with E-state index in [2.05, 4.69) is 15.0 Å². The van der Waals surface area contributed by atoms with Crippen LogP contribution in [0.2, 0.25) is 0 Å². The van der Waals surface area contributed by atoms with Crippen molar-refractivity contribution in [3.8, 4) is 17.0 Å². The van der Waals surface area contributed by atoms with Crippen LogP contribution in [0.1, 0.15) is 6.92 Å². The Balaban J connectivity index is 2.21. The van der Waals surface area contributed by atoms with Crippen molar-refractivity contribution in [1.82, 2.24) is 14.9 Å². The van der Waals surface area contributed by atoms with Crippen LogP contribution in [0.5, 0.6) is 5.88 Å². The third-order valence-corrected chi connectivity index (χ3v) is 2.95. The smallest absolute Gasteiger partial charge is 0.212 e. The highest BCUT2D eigenvalue weighted by Gasteiger charge is 2.01. The molecule has 0 saturated heterocycles. The summed E-state index contributed by atoms with van der Waals surface area (Å²) in [7, 11) is 5.51. The van der Waals surface area contributed by atoms with Crippen LogP contribution in [-0.2, 0) is 0 Å². The second-order valence-corrected chi connectivity index (χ2v) is 4.55. The minimum Gasteiger partial charge on any atom is -0.481 e. The molecule has 0 bridgehead atoms. The van der Waals surface area contributed by atoms with Crippen LogP contribution in [0.3, 0.4) is 0 Å². The minimum atomic E-state index is 0.601. The lowest BCUT2D eigenvalue weighted by Crippen LogP contribution is -2.17. The lowest BCUT2D eigenvalue weighted by molar-refractivity contribution is 0.398. The van der Waals surface area contributed by atoms with Crippen LogP contribution in [-0.4, -0.2) is 41.9 Å². The number of aliphatic imine (C=N–C) groups is 1. The molecular weight excluding hydrogens is 252 g/mol. The molecule has 104 valence electrons. The average Bonchev–Trinajstić information content (AvgIpc) is 2.48. The Bertz CT molecular complexity index is 588. The molecule has 0 saturated carbocycles. The fraction of sp³-hybridized carbons (Fsp3) is 0.267. The van der Waals surface area contributed by atoms with E-state index in [1.807, 2.05) is 50.2 Å². The van der Waals surface area contributed by atoms with E-state index in [-0.39, 0.29) is 0 Å². The van der Waals surface area contributed by atoms with Crippen molar-refractivity contribution in [3.05, 3.63) is 36.7 Å². The summed E-state index contributed by atoms with van der Waals surface area (Å²) >= 11 is 0. The summed E-state index contributed by atoms with van der Waals surface area (Å²) in [5.41, 5.74) is 2.00. The van der Waals surface area contributed by atoms with Crippen LogP contribution in [0.15, 0.2) is 41.7 Å². The van der Waals surface area contributed by atoms with Crippen molar-refractivity contribution in [3.63, 3.8) is 0 Å². The maximum Gasteiger partial charge on any atom is 0.212 e. The van der Waals surface area contributed by atoms with Crippen LogP contribution in [0.25, 0.3) is 11.1 Å². The molecule has 0 N–H and O–H groups in total. The summed E-state index contributed by atoms with van der Waals surface area (Å²) in [6.45, 7) is 1.95. The molecule has 0 aliphatic heterocycles. The number of nitrogens with zero attached hydrogens (tertiary/aromatic N) is 4. The molecule has 0 aliphatic carbocycles. The molecular formula is C15H18N4O. The summed E-state index contributed by atoms with van der Waals surface area (Å²) < 4.78 is 5.04. The fourth-order valence-corrected chi connectivity index (χ4v) is 1.56. The van der Waals surface area contributed by atoms with Gasteiger partial charge in [0.2, 0.25) is 5.88 Å². The van der Waals surface area contributed by atoms with E-state index in [0.29, 0.717) is 11.7 Å². The van der Waals surface area contributed by atoms with Crippen LogP contribution < -0.4 is 4.74 Å². The van der Waals surface area contributed by atoms with Gasteiger partial charge in [-0.2, -0.15) is 0 Å². The fourth-order valence-electron chi connectivity index (χ4n) is 1.56. The van der Waals surface area contributed by atoms with Crippen molar-refractivity contribution >= 4 is 11.7 Å². The Morgan fingerprint density at radius 2 is 1.70 bits per heavy atom. The highest BCUT2D eigenvalue weighted by Crippen LogP contribution is 2.21. The third kappa shape index (κ3) is 3.32. The molecule has 5 nitrogen and oxygen atoms in total. The third-order valence-electron chi connectivity index (χ3n) is 2.95. The van der Waals surface area contributed by atoms with Crippen LogP contribution in [0, 0.1) is 0 Å². The zero-order valence-electron chi connectivity index (χ0n) is 12.2. The first-order chi connectivity index (χ1) is 9.60. The number of amidine groups is 1. The Labute approximate surface area is 119 Å². The number of methoxy groups -OCH3 is 1. The Hall–Kier alpha value is -2.43. The quantitative estimate of drug-likeness (QED) is 0.635. The van der Waals surface area contributed by atoms with Crippen LogP contribution in [0.4, 0.5) is 5.82 Å². The van der Waals surface area contributed by atoms with Gasteiger partial charge in [0, 0.05) is 43.7 Å². The topological polar surface area (TPSA) is 50.6 Å². The minimum absolute atomic E-state index is 0.601. The van der Waals surface area contributed by atoms with E-state index in [1.54, 1.807) is 19.5 Å². The number of hydrogen-bond donors (Lipinski definition) is 0. The standard InChI is InChI=1S/C15H18N4O/c1-11(19(2)3)18-14-7-5-12(9-16-14)13-6-8-15(20-4)17-10-13/h5-10H,1-4H3/b18-11+. The van der Waals surface area contributed by atoms with Crippen LogP contribution >= 0.6 is 0 Å². The lowest BCUT2D eigenvalue weighted by atomic mass is 10.1. The number of hydrogen-bond acceptors (Lipinski definition) is 4. The van der Waals surface area contributed by atoms with Gasteiger partial charge in [0.25, 0.3) is 0 Å². The molecule has 5 heteroatoms. The molecule has 0 unspecified atom stereocenters. The van der Waals surface area contributed by atoms with Crippen molar-refractivity contribution in [2.45, 2.75) is 6.92 Å². The first-order valence-corrected chi connectivity index (χ1v) is 6.29. The van der Waals surface area contributed by atoms with E-state index in [0.717, 1.165) is 17.0 Å². The highest BCUT2D eigenvalue weighted by molar-refractivity contribution is 5.81. The van der Waals surface area contributed by atoms with E-state index in [9.17, 15) is 0 Å². The van der Waals surface area contributed by atoms with Gasteiger partial charge in [-0.25, -0.2) is 15.0 Å². The van der Waals surface area contributed by atoms with E-state index >= 15 is 0 Å². The second-order valence-electron chi connectivity index (χ2n) is 4.55. The molecule has 0 spiro atoms. The van der Waals surface area contributed by atoms with Gasteiger partial charge in [-0.15, -0.1) is 0 Å². The Kier molecular flexibility index (Phi) is 4.30. The molecule has 2 aromatic rings. The van der Waals surface area contributed by atoms with E-state index in [4.69, 9.17) is 4.74 Å². The molecule has 0 radical (unpaired) electrons. The Morgan fingerprint density at radius 3 is 2.15 bits per heavy atom. The zero-order chi connectivity index (χ0) is 14.5. The molecule has 0 atom stereocenters. The predicted octanol–water partition coefficient (Wildman–Crippen LogP) is 2.76. The molecule has 0 aliphatic rings. The SMILES string of the molecule is COc1ccc(-c2ccc(/N=C(\C)N(C)C)nc2)cn1. The molecule has 2 rings (SSSR count). The average molecular weight is 270 g/mol. The van der Waals surface area contributed by atoms with Gasteiger partial charge in [0.15, 0.2) is 5.82 Å². The summed E-state index contributed by atoms with van der Waals surface area (Å²) in [6.07, 6.45) is 3.56. The normalized spacial score (nSPS) is 11.3. The van der Waals surface area contributed by atoms with E-state index < -0.39 is 0 Å². The number of pyridine rings is 2. The van der Waals surface area contributed by atoms with Gasteiger partial charge < -0.3 is 9.64 Å². The van der Waals surface area contributed by atoms with Crippen molar-refractivity contribution in [1.29, 1.82) is 0 Å².